The zero-order chi connectivity index (χ0) is 22.5. The number of nitrogens with zero attached hydrogens (tertiary/aromatic N) is 2. The standard InChI is InChI=1S/C25H29ClFN3O2/c26-22-8-7-21(23(27)14-22)17-29-12-9-20(10-13-29)25(32)28-15-18-3-5-19(6-4-18)16-30-11-1-2-24(30)31/h3-8,14,20H,1-2,9-13,15-17H2,(H,28,32). The quantitative estimate of drug-likeness (QED) is 0.680. The molecule has 0 bridgehead atoms. The van der Waals surface area contributed by atoms with Gasteiger partial charge < -0.3 is 10.2 Å². The number of nitrogens with one attached hydrogen (secondary N) is 1. The Morgan fingerprint density at radius 3 is 2.41 bits per heavy atom. The van der Waals surface area contributed by atoms with Crippen LogP contribution in [0.15, 0.2) is 42.5 Å². The van der Waals surface area contributed by atoms with Gasteiger partial charge in [0.15, 0.2) is 0 Å². The van der Waals surface area contributed by atoms with E-state index in [9.17, 15) is 14.0 Å². The lowest BCUT2D eigenvalue weighted by Crippen LogP contribution is -2.40. The molecule has 0 radical (unpaired) electrons. The normalized spacial score (nSPS) is 17.7. The number of likely N-dealkylation sites (tertiary alicyclic amines) is 2. The summed E-state index contributed by atoms with van der Waals surface area (Å²) in [5.74, 6) is 0.0110. The lowest BCUT2D eigenvalue weighted by molar-refractivity contribution is -0.128. The number of carbonyl (C=O) groups is 2. The average Bonchev–Trinajstić information content (AvgIpc) is 3.20. The second-order valence-corrected chi connectivity index (χ2v) is 9.18. The summed E-state index contributed by atoms with van der Waals surface area (Å²) in [6, 6.07) is 12.9. The molecule has 2 aliphatic rings. The van der Waals surface area contributed by atoms with Crippen LogP contribution in [0.25, 0.3) is 0 Å². The predicted molar refractivity (Wildman–Crippen MR) is 122 cm³/mol. The molecule has 2 saturated heterocycles. The molecule has 0 saturated carbocycles. The van der Waals surface area contributed by atoms with E-state index < -0.39 is 0 Å². The first-order chi connectivity index (χ1) is 15.5. The SMILES string of the molecule is O=C(NCc1ccc(CN2CCCC2=O)cc1)C1CCN(Cc2ccc(Cl)cc2F)CC1. The molecule has 4 rings (SSSR count). The van der Waals surface area contributed by atoms with Gasteiger partial charge in [0.2, 0.25) is 11.8 Å². The zero-order valence-corrected chi connectivity index (χ0v) is 18.9. The van der Waals surface area contributed by atoms with E-state index in [0.29, 0.717) is 36.6 Å². The molecule has 2 fully saturated rings. The number of hydrogen-bond acceptors (Lipinski definition) is 3. The molecule has 7 heteroatoms. The zero-order valence-electron chi connectivity index (χ0n) is 18.2. The van der Waals surface area contributed by atoms with E-state index in [1.54, 1.807) is 12.1 Å². The molecule has 1 N–H and O–H groups in total. The van der Waals surface area contributed by atoms with Crippen LogP contribution in [0.5, 0.6) is 0 Å². The third-order valence-electron chi connectivity index (χ3n) is 6.40. The maximum absolute atomic E-state index is 14.0. The molecular formula is C25H29ClFN3O2. The van der Waals surface area contributed by atoms with Crippen LogP contribution in [0.4, 0.5) is 4.39 Å². The van der Waals surface area contributed by atoms with Crippen LogP contribution < -0.4 is 5.32 Å². The fourth-order valence-electron chi connectivity index (χ4n) is 4.43. The topological polar surface area (TPSA) is 52.7 Å². The molecule has 2 aromatic carbocycles. The van der Waals surface area contributed by atoms with Gasteiger partial charge in [0.1, 0.15) is 5.82 Å². The Bertz CT molecular complexity index is 958. The fourth-order valence-corrected chi connectivity index (χ4v) is 4.59. The molecule has 0 aliphatic carbocycles. The number of halogens is 2. The number of benzene rings is 2. The van der Waals surface area contributed by atoms with Crippen LogP contribution in [0, 0.1) is 11.7 Å². The fraction of sp³-hybridized carbons (Fsp3) is 0.440. The van der Waals surface area contributed by atoms with Crippen LogP contribution in [-0.2, 0) is 29.2 Å². The van der Waals surface area contributed by atoms with Gasteiger partial charge in [-0.25, -0.2) is 4.39 Å². The average molecular weight is 458 g/mol. The molecule has 32 heavy (non-hydrogen) atoms. The van der Waals surface area contributed by atoms with E-state index in [4.69, 9.17) is 11.6 Å². The lowest BCUT2D eigenvalue weighted by atomic mass is 9.95. The molecule has 2 aromatic rings. The van der Waals surface area contributed by atoms with Gasteiger partial charge in [-0.3, -0.25) is 14.5 Å². The van der Waals surface area contributed by atoms with Crippen molar-refractivity contribution in [2.75, 3.05) is 19.6 Å². The predicted octanol–water partition coefficient (Wildman–Crippen LogP) is 4.13. The summed E-state index contributed by atoms with van der Waals surface area (Å²) >= 11 is 5.82. The van der Waals surface area contributed by atoms with Crippen LogP contribution in [0.2, 0.25) is 5.02 Å². The second kappa shape index (κ2) is 10.5. The van der Waals surface area contributed by atoms with Crippen molar-refractivity contribution in [3.05, 3.63) is 70.0 Å². The monoisotopic (exact) mass is 457 g/mol. The van der Waals surface area contributed by atoms with E-state index in [0.717, 1.165) is 50.0 Å². The van der Waals surface area contributed by atoms with Crippen LogP contribution >= 0.6 is 11.6 Å². The molecule has 0 atom stereocenters. The van der Waals surface area contributed by atoms with E-state index in [1.807, 2.05) is 29.2 Å². The van der Waals surface area contributed by atoms with Crippen molar-refractivity contribution in [1.29, 1.82) is 0 Å². The first-order valence-corrected chi connectivity index (χ1v) is 11.7. The third-order valence-corrected chi connectivity index (χ3v) is 6.64. The minimum Gasteiger partial charge on any atom is -0.352 e. The lowest BCUT2D eigenvalue weighted by Gasteiger charge is -2.31. The largest absolute Gasteiger partial charge is 0.352 e. The van der Waals surface area contributed by atoms with E-state index >= 15 is 0 Å². The highest BCUT2D eigenvalue weighted by molar-refractivity contribution is 6.30. The number of piperidine rings is 1. The maximum Gasteiger partial charge on any atom is 0.223 e. The summed E-state index contributed by atoms with van der Waals surface area (Å²) in [4.78, 5) is 28.5. The highest BCUT2D eigenvalue weighted by Gasteiger charge is 2.25. The van der Waals surface area contributed by atoms with Gasteiger partial charge in [0.25, 0.3) is 0 Å². The van der Waals surface area contributed by atoms with E-state index in [2.05, 4.69) is 10.2 Å². The van der Waals surface area contributed by atoms with Gasteiger partial charge >= 0.3 is 0 Å². The Labute approximate surface area is 193 Å². The van der Waals surface area contributed by atoms with Crippen LogP contribution in [0.1, 0.15) is 42.4 Å². The van der Waals surface area contributed by atoms with E-state index in [1.165, 1.54) is 6.07 Å². The second-order valence-electron chi connectivity index (χ2n) is 8.74. The Balaban J connectivity index is 1.20. The summed E-state index contributed by atoms with van der Waals surface area (Å²) in [6.07, 6.45) is 3.13. The van der Waals surface area contributed by atoms with Gasteiger partial charge in [0, 0.05) is 49.1 Å². The van der Waals surface area contributed by atoms with Gasteiger partial charge in [0.05, 0.1) is 0 Å². The van der Waals surface area contributed by atoms with Gasteiger partial charge in [-0.2, -0.15) is 0 Å². The molecule has 0 unspecified atom stereocenters. The summed E-state index contributed by atoms with van der Waals surface area (Å²) < 4.78 is 14.0. The van der Waals surface area contributed by atoms with Crippen molar-refractivity contribution in [3.63, 3.8) is 0 Å². The van der Waals surface area contributed by atoms with Crippen molar-refractivity contribution in [2.24, 2.45) is 5.92 Å². The molecule has 0 spiro atoms. The number of carbonyl (C=O) groups excluding carboxylic acids is 2. The van der Waals surface area contributed by atoms with Gasteiger partial charge in [-0.05, 0) is 55.6 Å². The number of amides is 2. The first kappa shape index (κ1) is 22.7. The Hall–Kier alpha value is -2.44. The van der Waals surface area contributed by atoms with Crippen molar-refractivity contribution in [2.45, 2.75) is 45.3 Å². The summed E-state index contributed by atoms with van der Waals surface area (Å²) in [5.41, 5.74) is 2.79. The molecular weight excluding hydrogens is 429 g/mol. The molecule has 2 heterocycles. The number of rotatable bonds is 7. The third kappa shape index (κ3) is 5.87. The summed E-state index contributed by atoms with van der Waals surface area (Å²) in [7, 11) is 0. The van der Waals surface area contributed by atoms with Crippen molar-refractivity contribution < 1.29 is 14.0 Å². The van der Waals surface area contributed by atoms with Gasteiger partial charge in [-0.15, -0.1) is 0 Å². The van der Waals surface area contributed by atoms with Crippen LogP contribution in [-0.4, -0.2) is 41.2 Å². The van der Waals surface area contributed by atoms with E-state index in [-0.39, 0.29) is 23.5 Å². The maximum atomic E-state index is 14.0. The molecule has 170 valence electrons. The molecule has 2 amide bonds. The Morgan fingerprint density at radius 1 is 1.03 bits per heavy atom. The molecule has 5 nitrogen and oxygen atoms in total. The molecule has 2 aliphatic heterocycles. The van der Waals surface area contributed by atoms with Crippen LogP contribution in [0.3, 0.4) is 0 Å². The smallest absolute Gasteiger partial charge is 0.223 e. The van der Waals surface area contributed by atoms with Crippen molar-refractivity contribution in [3.8, 4) is 0 Å². The summed E-state index contributed by atoms with van der Waals surface area (Å²) in [5, 5.41) is 3.45. The summed E-state index contributed by atoms with van der Waals surface area (Å²) in [6.45, 7) is 4.06. The van der Waals surface area contributed by atoms with Gasteiger partial charge in [-0.1, -0.05) is 41.9 Å². The Morgan fingerprint density at radius 2 is 1.75 bits per heavy atom. The highest BCUT2D eigenvalue weighted by Crippen LogP contribution is 2.22. The minimum absolute atomic E-state index is 0.0123. The first-order valence-electron chi connectivity index (χ1n) is 11.3. The Kier molecular flexibility index (Phi) is 7.43. The highest BCUT2D eigenvalue weighted by atomic mass is 35.5. The number of hydrogen-bond donors (Lipinski definition) is 1. The van der Waals surface area contributed by atoms with Crippen molar-refractivity contribution >= 4 is 23.4 Å². The molecule has 0 aromatic heterocycles. The van der Waals surface area contributed by atoms with Crippen molar-refractivity contribution in [1.82, 2.24) is 15.1 Å². The minimum atomic E-state index is -0.282.